The topological polar surface area (TPSA) is 73.4 Å². The lowest BCUT2D eigenvalue weighted by Gasteiger charge is -2.09. The van der Waals surface area contributed by atoms with E-state index < -0.39 is 6.09 Å². The highest BCUT2D eigenvalue weighted by Gasteiger charge is 1.98. The second-order valence-corrected chi connectivity index (χ2v) is 2.92. The van der Waals surface area contributed by atoms with E-state index in [1.54, 1.807) is 0 Å². The van der Waals surface area contributed by atoms with Crippen LogP contribution in [0, 0.1) is 5.82 Å². The van der Waals surface area contributed by atoms with Crippen LogP contribution in [0.1, 0.15) is 0 Å². The summed E-state index contributed by atoms with van der Waals surface area (Å²) in [6.07, 6.45) is -1.25. The molecule has 0 aliphatic carbocycles. The Balaban J connectivity index is 2.44. The van der Waals surface area contributed by atoms with Crippen molar-refractivity contribution in [1.82, 2.24) is 10.9 Å². The van der Waals surface area contributed by atoms with E-state index in [0.717, 1.165) is 0 Å². The number of hydrogen-bond acceptors (Lipinski definition) is 2. The average Bonchev–Trinajstić information content (AvgIpc) is 2.19. The summed E-state index contributed by atoms with van der Waals surface area (Å²) >= 11 is 4.75. The predicted molar refractivity (Wildman–Crippen MR) is 56.9 cm³/mol. The van der Waals surface area contributed by atoms with Gasteiger partial charge >= 0.3 is 6.09 Å². The number of amides is 1. The fourth-order valence-corrected chi connectivity index (χ4v) is 0.975. The smallest absolute Gasteiger partial charge is 0.423 e. The van der Waals surface area contributed by atoms with E-state index in [4.69, 9.17) is 17.3 Å². The maximum Gasteiger partial charge on any atom is 0.423 e. The summed E-state index contributed by atoms with van der Waals surface area (Å²) in [7, 11) is 0. The van der Waals surface area contributed by atoms with E-state index in [0.29, 0.717) is 5.69 Å². The van der Waals surface area contributed by atoms with Gasteiger partial charge in [0.2, 0.25) is 0 Å². The first kappa shape index (κ1) is 11.2. The molecule has 0 aliphatic heterocycles. The van der Waals surface area contributed by atoms with Crippen molar-refractivity contribution < 1.29 is 14.3 Å². The van der Waals surface area contributed by atoms with Gasteiger partial charge in [0.05, 0.1) is 0 Å². The number of carbonyl (C=O) groups is 1. The summed E-state index contributed by atoms with van der Waals surface area (Å²) in [5.74, 6) is -0.358. The molecule has 0 aromatic heterocycles. The van der Waals surface area contributed by atoms with E-state index >= 15 is 0 Å². The van der Waals surface area contributed by atoms with Gasteiger partial charge in [-0.3, -0.25) is 5.43 Å². The quantitative estimate of drug-likeness (QED) is 0.431. The van der Waals surface area contributed by atoms with Crippen molar-refractivity contribution in [2.45, 2.75) is 0 Å². The number of anilines is 1. The van der Waals surface area contributed by atoms with Gasteiger partial charge in [0.1, 0.15) is 5.82 Å². The Bertz CT molecular complexity index is 369. The summed E-state index contributed by atoms with van der Waals surface area (Å²) in [6.45, 7) is 0. The van der Waals surface area contributed by atoms with Gasteiger partial charge in [-0.1, -0.05) is 0 Å². The highest BCUT2D eigenvalue weighted by Crippen LogP contribution is 2.07. The molecule has 7 heteroatoms. The summed E-state index contributed by atoms with van der Waals surface area (Å²) in [5, 5.41) is 11.0. The second kappa shape index (κ2) is 5.11. The zero-order valence-corrected chi connectivity index (χ0v) is 8.27. The van der Waals surface area contributed by atoms with Gasteiger partial charge in [0, 0.05) is 5.69 Å². The number of halogens is 1. The molecular formula is C8H8FN3O2S. The number of carboxylic acid groups (broad SMARTS) is 1. The van der Waals surface area contributed by atoms with Crippen LogP contribution in [-0.4, -0.2) is 16.3 Å². The van der Waals surface area contributed by atoms with Gasteiger partial charge in [-0.15, -0.1) is 0 Å². The molecule has 0 heterocycles. The molecule has 0 radical (unpaired) electrons. The Morgan fingerprint density at radius 1 is 1.27 bits per heavy atom. The second-order valence-electron chi connectivity index (χ2n) is 2.52. The maximum absolute atomic E-state index is 12.5. The van der Waals surface area contributed by atoms with Crippen molar-refractivity contribution in [2.24, 2.45) is 0 Å². The van der Waals surface area contributed by atoms with Crippen molar-refractivity contribution in [2.75, 3.05) is 5.32 Å². The zero-order chi connectivity index (χ0) is 11.3. The fourth-order valence-electron chi connectivity index (χ4n) is 0.806. The van der Waals surface area contributed by atoms with Crippen molar-refractivity contribution >= 4 is 29.1 Å². The molecule has 0 bridgehead atoms. The molecule has 1 aromatic carbocycles. The molecule has 0 saturated carbocycles. The molecule has 0 aliphatic rings. The van der Waals surface area contributed by atoms with E-state index in [-0.39, 0.29) is 10.9 Å². The summed E-state index contributed by atoms with van der Waals surface area (Å²) in [6, 6.07) is 5.47. The highest BCUT2D eigenvalue weighted by atomic mass is 32.1. The van der Waals surface area contributed by atoms with Gasteiger partial charge < -0.3 is 10.4 Å². The van der Waals surface area contributed by atoms with Crippen molar-refractivity contribution in [3.8, 4) is 0 Å². The average molecular weight is 229 g/mol. The Kier molecular flexibility index (Phi) is 3.81. The van der Waals surface area contributed by atoms with Crippen LogP contribution in [0.4, 0.5) is 14.9 Å². The Hall–Kier alpha value is -1.89. The lowest BCUT2D eigenvalue weighted by molar-refractivity contribution is 0.192. The van der Waals surface area contributed by atoms with E-state index in [9.17, 15) is 9.18 Å². The summed E-state index contributed by atoms with van der Waals surface area (Å²) < 4.78 is 12.5. The maximum atomic E-state index is 12.5. The molecule has 0 atom stereocenters. The van der Waals surface area contributed by atoms with Gasteiger partial charge in [0.25, 0.3) is 0 Å². The first-order valence-electron chi connectivity index (χ1n) is 3.89. The Morgan fingerprint density at radius 2 is 1.87 bits per heavy atom. The molecule has 1 amide bonds. The van der Waals surface area contributed by atoms with E-state index in [1.165, 1.54) is 24.3 Å². The summed E-state index contributed by atoms with van der Waals surface area (Å²) in [5.41, 5.74) is 4.64. The number of hydrazine groups is 1. The van der Waals surface area contributed by atoms with Crippen LogP contribution in [0.3, 0.4) is 0 Å². The SMILES string of the molecule is O=C(O)NNC(=S)Nc1ccc(F)cc1. The lowest BCUT2D eigenvalue weighted by atomic mass is 10.3. The molecule has 5 nitrogen and oxygen atoms in total. The lowest BCUT2D eigenvalue weighted by Crippen LogP contribution is -2.42. The van der Waals surface area contributed by atoms with Crippen molar-refractivity contribution in [3.05, 3.63) is 30.1 Å². The highest BCUT2D eigenvalue weighted by molar-refractivity contribution is 7.80. The van der Waals surface area contributed by atoms with Gasteiger partial charge in [-0.05, 0) is 36.5 Å². The van der Waals surface area contributed by atoms with Crippen LogP contribution in [0.5, 0.6) is 0 Å². The van der Waals surface area contributed by atoms with Crippen LogP contribution in [0.25, 0.3) is 0 Å². The van der Waals surface area contributed by atoms with Crippen LogP contribution in [0.2, 0.25) is 0 Å². The van der Waals surface area contributed by atoms with E-state index in [2.05, 4.69) is 10.7 Å². The van der Waals surface area contributed by atoms with Gasteiger partial charge in [-0.25, -0.2) is 14.6 Å². The standard InChI is InChI=1S/C8H8FN3O2S/c9-5-1-3-6(4-2-5)10-7(15)11-12-8(13)14/h1-4,12H,(H,13,14)(H2,10,11,15). The minimum Gasteiger partial charge on any atom is -0.464 e. The van der Waals surface area contributed by atoms with Gasteiger partial charge in [0.15, 0.2) is 5.11 Å². The molecule has 80 valence electrons. The third-order valence-electron chi connectivity index (χ3n) is 1.39. The third kappa shape index (κ3) is 4.23. The van der Waals surface area contributed by atoms with Crippen LogP contribution in [0.15, 0.2) is 24.3 Å². The molecule has 4 N–H and O–H groups in total. The minimum absolute atomic E-state index is 0.0732. The molecule has 0 saturated heterocycles. The zero-order valence-electron chi connectivity index (χ0n) is 7.45. The third-order valence-corrected chi connectivity index (χ3v) is 1.59. The van der Waals surface area contributed by atoms with Crippen molar-refractivity contribution in [3.63, 3.8) is 0 Å². The molecule has 0 unspecified atom stereocenters. The molecule has 1 aromatic rings. The summed E-state index contributed by atoms with van der Waals surface area (Å²) in [4.78, 5) is 10.1. The molecule has 15 heavy (non-hydrogen) atoms. The van der Waals surface area contributed by atoms with Crippen LogP contribution < -0.4 is 16.2 Å². The number of nitrogens with one attached hydrogen (secondary N) is 3. The minimum atomic E-state index is -1.25. The normalized spacial score (nSPS) is 9.13. The molecule has 1 rings (SSSR count). The molecule has 0 spiro atoms. The molecular weight excluding hydrogens is 221 g/mol. The van der Waals surface area contributed by atoms with Crippen LogP contribution >= 0.6 is 12.2 Å². The number of hydrogen-bond donors (Lipinski definition) is 4. The largest absolute Gasteiger partial charge is 0.464 e. The predicted octanol–water partition coefficient (Wildman–Crippen LogP) is 1.29. The van der Waals surface area contributed by atoms with Crippen LogP contribution in [-0.2, 0) is 0 Å². The molecule has 0 fully saturated rings. The first-order chi connectivity index (χ1) is 7.08. The number of rotatable bonds is 1. The number of thiocarbonyl (C=S) groups is 1. The van der Waals surface area contributed by atoms with Gasteiger partial charge in [-0.2, -0.15) is 0 Å². The Labute approximate surface area is 90.3 Å². The Morgan fingerprint density at radius 3 is 2.40 bits per heavy atom. The number of benzene rings is 1. The van der Waals surface area contributed by atoms with Crippen molar-refractivity contribution in [1.29, 1.82) is 0 Å². The first-order valence-corrected chi connectivity index (χ1v) is 4.30. The monoisotopic (exact) mass is 229 g/mol. The van der Waals surface area contributed by atoms with E-state index in [1.807, 2.05) is 5.43 Å². The fraction of sp³-hybridized carbons (Fsp3) is 0.